The Morgan fingerprint density at radius 3 is 2.38 bits per heavy atom. The van der Waals surface area contributed by atoms with Crippen molar-refractivity contribution in [1.29, 1.82) is 0 Å². The van der Waals surface area contributed by atoms with Crippen LogP contribution < -0.4 is 10.1 Å². The van der Waals surface area contributed by atoms with Gasteiger partial charge in [0.1, 0.15) is 5.75 Å². The molecule has 5 heteroatoms. The molecule has 0 aliphatic carbocycles. The Labute approximate surface area is 154 Å². The first-order valence-electron chi connectivity index (χ1n) is 8.95. The third-order valence-corrected chi connectivity index (χ3v) is 4.64. The highest BCUT2D eigenvalue weighted by Crippen LogP contribution is 2.29. The highest BCUT2D eigenvalue weighted by molar-refractivity contribution is 5.79. The largest absolute Gasteiger partial charge is 0.483 e. The molecule has 26 heavy (non-hydrogen) atoms. The SMILES string of the molecule is CC(=O)N1CCC(NC(=O)COc2ccccc2-c2ccccc2)CC1. The van der Waals surface area contributed by atoms with Crippen molar-refractivity contribution in [2.75, 3.05) is 19.7 Å². The molecule has 5 nitrogen and oxygen atoms in total. The molecule has 1 saturated heterocycles. The van der Waals surface area contributed by atoms with Crippen molar-refractivity contribution in [3.05, 3.63) is 54.6 Å². The molecular weight excluding hydrogens is 328 g/mol. The fourth-order valence-corrected chi connectivity index (χ4v) is 3.20. The van der Waals surface area contributed by atoms with Gasteiger partial charge in [0, 0.05) is 31.6 Å². The summed E-state index contributed by atoms with van der Waals surface area (Å²) in [6.07, 6.45) is 1.57. The Bertz CT molecular complexity index is 753. The number of piperidine rings is 1. The minimum atomic E-state index is -0.130. The summed E-state index contributed by atoms with van der Waals surface area (Å²) in [4.78, 5) is 25.4. The molecule has 0 spiro atoms. The van der Waals surface area contributed by atoms with Crippen molar-refractivity contribution in [3.63, 3.8) is 0 Å². The first-order chi connectivity index (χ1) is 12.6. The fourth-order valence-electron chi connectivity index (χ4n) is 3.20. The predicted molar refractivity (Wildman–Crippen MR) is 101 cm³/mol. The second kappa shape index (κ2) is 8.52. The van der Waals surface area contributed by atoms with Gasteiger partial charge >= 0.3 is 0 Å². The van der Waals surface area contributed by atoms with Crippen LogP contribution in [0.5, 0.6) is 5.75 Å². The summed E-state index contributed by atoms with van der Waals surface area (Å²) in [5, 5.41) is 3.01. The molecule has 3 rings (SSSR count). The maximum absolute atomic E-state index is 12.2. The van der Waals surface area contributed by atoms with E-state index in [1.54, 1.807) is 6.92 Å². The second-order valence-electron chi connectivity index (χ2n) is 6.50. The summed E-state index contributed by atoms with van der Waals surface area (Å²) in [6.45, 7) is 2.95. The lowest BCUT2D eigenvalue weighted by atomic mass is 10.0. The van der Waals surface area contributed by atoms with Crippen LogP contribution >= 0.6 is 0 Å². The van der Waals surface area contributed by atoms with Gasteiger partial charge in [0.2, 0.25) is 5.91 Å². The molecule has 2 amide bonds. The number of ether oxygens (including phenoxy) is 1. The summed E-state index contributed by atoms with van der Waals surface area (Å²) in [5.41, 5.74) is 2.02. The summed E-state index contributed by atoms with van der Waals surface area (Å²) in [7, 11) is 0. The zero-order valence-electron chi connectivity index (χ0n) is 15.0. The third-order valence-electron chi connectivity index (χ3n) is 4.64. The van der Waals surface area contributed by atoms with Crippen molar-refractivity contribution in [1.82, 2.24) is 10.2 Å². The molecule has 0 bridgehead atoms. The molecule has 2 aromatic carbocycles. The van der Waals surface area contributed by atoms with Gasteiger partial charge in [0.05, 0.1) is 0 Å². The van der Waals surface area contributed by atoms with Gasteiger partial charge in [-0.3, -0.25) is 9.59 Å². The monoisotopic (exact) mass is 352 g/mol. The highest BCUT2D eigenvalue weighted by Gasteiger charge is 2.22. The molecular formula is C21H24N2O3. The van der Waals surface area contributed by atoms with E-state index in [-0.39, 0.29) is 24.5 Å². The van der Waals surface area contributed by atoms with Crippen LogP contribution in [0.15, 0.2) is 54.6 Å². The van der Waals surface area contributed by atoms with Crippen LogP contribution in [-0.2, 0) is 9.59 Å². The molecule has 0 atom stereocenters. The lowest BCUT2D eigenvalue weighted by molar-refractivity contribution is -0.130. The molecule has 1 N–H and O–H groups in total. The van der Waals surface area contributed by atoms with E-state index in [9.17, 15) is 9.59 Å². The lowest BCUT2D eigenvalue weighted by Crippen LogP contribution is -2.47. The number of para-hydroxylation sites is 1. The van der Waals surface area contributed by atoms with E-state index >= 15 is 0 Å². The minimum absolute atomic E-state index is 0.0171. The molecule has 0 saturated carbocycles. The molecule has 136 valence electrons. The van der Waals surface area contributed by atoms with E-state index in [0.29, 0.717) is 18.8 Å². The number of hydrogen-bond acceptors (Lipinski definition) is 3. The van der Waals surface area contributed by atoms with Crippen LogP contribution in [0.1, 0.15) is 19.8 Å². The summed E-state index contributed by atoms with van der Waals surface area (Å²) < 4.78 is 5.78. The second-order valence-corrected chi connectivity index (χ2v) is 6.50. The van der Waals surface area contributed by atoms with Crippen LogP contribution in [0, 0.1) is 0 Å². The van der Waals surface area contributed by atoms with Gasteiger partial charge in [-0.1, -0.05) is 48.5 Å². The van der Waals surface area contributed by atoms with Crippen LogP contribution in [0.2, 0.25) is 0 Å². The maximum atomic E-state index is 12.2. The molecule has 0 radical (unpaired) electrons. The van der Waals surface area contributed by atoms with E-state index in [4.69, 9.17) is 4.74 Å². The zero-order valence-corrected chi connectivity index (χ0v) is 15.0. The first kappa shape index (κ1) is 18.0. The molecule has 2 aromatic rings. The van der Waals surface area contributed by atoms with E-state index in [1.807, 2.05) is 59.5 Å². The van der Waals surface area contributed by atoms with Crippen LogP contribution in [-0.4, -0.2) is 42.5 Å². The molecule has 1 aliphatic rings. The van der Waals surface area contributed by atoms with Gasteiger partial charge in [-0.05, 0) is 24.5 Å². The summed E-state index contributed by atoms with van der Waals surface area (Å²) in [5.74, 6) is 0.657. The Balaban J connectivity index is 1.54. The molecule has 1 aliphatic heterocycles. The first-order valence-corrected chi connectivity index (χ1v) is 8.95. The number of benzene rings is 2. The van der Waals surface area contributed by atoms with Crippen molar-refractivity contribution in [2.45, 2.75) is 25.8 Å². The summed E-state index contributed by atoms with van der Waals surface area (Å²) >= 11 is 0. The van der Waals surface area contributed by atoms with E-state index in [0.717, 1.165) is 24.0 Å². The highest BCUT2D eigenvalue weighted by atomic mass is 16.5. The average Bonchev–Trinajstić information content (AvgIpc) is 2.68. The van der Waals surface area contributed by atoms with Crippen LogP contribution in [0.3, 0.4) is 0 Å². The lowest BCUT2D eigenvalue weighted by Gasteiger charge is -2.31. The average molecular weight is 352 g/mol. The van der Waals surface area contributed by atoms with Crippen molar-refractivity contribution < 1.29 is 14.3 Å². The number of carbonyl (C=O) groups excluding carboxylic acids is 2. The van der Waals surface area contributed by atoms with Gasteiger partial charge in [0.15, 0.2) is 6.61 Å². The third kappa shape index (κ3) is 4.63. The fraction of sp³-hybridized carbons (Fsp3) is 0.333. The normalized spacial score (nSPS) is 14.7. The Morgan fingerprint density at radius 1 is 1.04 bits per heavy atom. The number of carbonyl (C=O) groups is 2. The number of nitrogens with zero attached hydrogens (tertiary/aromatic N) is 1. The molecule has 1 fully saturated rings. The Hall–Kier alpha value is -2.82. The van der Waals surface area contributed by atoms with Crippen molar-refractivity contribution >= 4 is 11.8 Å². The Kier molecular flexibility index (Phi) is 5.89. The standard InChI is InChI=1S/C21H24N2O3/c1-16(24)23-13-11-18(12-14-23)22-21(25)15-26-20-10-6-5-9-19(20)17-7-3-2-4-8-17/h2-10,18H,11-15H2,1H3,(H,22,25). The quantitative estimate of drug-likeness (QED) is 0.900. The summed E-state index contributed by atoms with van der Waals surface area (Å²) in [6, 6.07) is 17.8. The van der Waals surface area contributed by atoms with Crippen LogP contribution in [0.25, 0.3) is 11.1 Å². The van der Waals surface area contributed by atoms with Crippen molar-refractivity contribution in [2.24, 2.45) is 0 Å². The van der Waals surface area contributed by atoms with Gasteiger partial charge in [0.25, 0.3) is 5.91 Å². The number of amides is 2. The smallest absolute Gasteiger partial charge is 0.258 e. The minimum Gasteiger partial charge on any atom is -0.483 e. The molecule has 1 heterocycles. The van der Waals surface area contributed by atoms with Gasteiger partial charge in [-0.2, -0.15) is 0 Å². The van der Waals surface area contributed by atoms with Crippen molar-refractivity contribution in [3.8, 4) is 16.9 Å². The maximum Gasteiger partial charge on any atom is 0.258 e. The molecule has 0 unspecified atom stereocenters. The van der Waals surface area contributed by atoms with E-state index in [2.05, 4.69) is 5.32 Å². The molecule has 0 aromatic heterocycles. The number of likely N-dealkylation sites (tertiary alicyclic amines) is 1. The Morgan fingerprint density at radius 2 is 1.69 bits per heavy atom. The predicted octanol–water partition coefficient (Wildman–Crippen LogP) is 2.86. The van der Waals surface area contributed by atoms with Gasteiger partial charge < -0.3 is 15.0 Å². The van der Waals surface area contributed by atoms with E-state index in [1.165, 1.54) is 0 Å². The number of hydrogen-bond donors (Lipinski definition) is 1. The van der Waals surface area contributed by atoms with Crippen LogP contribution in [0.4, 0.5) is 0 Å². The number of nitrogens with one attached hydrogen (secondary N) is 1. The van der Waals surface area contributed by atoms with Gasteiger partial charge in [-0.25, -0.2) is 0 Å². The van der Waals surface area contributed by atoms with E-state index < -0.39 is 0 Å². The van der Waals surface area contributed by atoms with Gasteiger partial charge in [-0.15, -0.1) is 0 Å². The zero-order chi connectivity index (χ0) is 18.4. The topological polar surface area (TPSA) is 58.6 Å². The number of rotatable bonds is 5.